The van der Waals surface area contributed by atoms with Crippen LogP contribution >= 0.6 is 34.9 Å². The lowest BCUT2D eigenvalue weighted by atomic mass is 9.99. The molecule has 3 rings (SSSR count). The van der Waals surface area contributed by atoms with Gasteiger partial charge in [0.1, 0.15) is 16.4 Å². The van der Waals surface area contributed by atoms with Crippen LogP contribution in [0.15, 0.2) is 14.8 Å². The van der Waals surface area contributed by atoms with Gasteiger partial charge in [-0.1, -0.05) is 34.9 Å². The molecule has 2 amide bonds. The van der Waals surface area contributed by atoms with Crippen molar-refractivity contribution in [1.82, 2.24) is 20.4 Å². The van der Waals surface area contributed by atoms with Crippen molar-refractivity contribution in [2.24, 2.45) is 5.73 Å². The number of hydrogen-bond acceptors (Lipinski definition) is 11. The molecule has 1 saturated heterocycles. The number of aromatic nitrogens is 2. The molecule has 180 valence electrons. The molecule has 2 aliphatic heterocycles. The van der Waals surface area contributed by atoms with Gasteiger partial charge in [-0.3, -0.25) is 14.4 Å². The highest BCUT2D eigenvalue weighted by atomic mass is 32.2. The van der Waals surface area contributed by atoms with E-state index in [2.05, 4.69) is 15.5 Å². The molecule has 3 heterocycles. The number of aryl methyl sites for hydroxylation is 1. The molecule has 1 aromatic rings. The Morgan fingerprint density at radius 1 is 1.39 bits per heavy atom. The average molecular weight is 518 g/mol. The van der Waals surface area contributed by atoms with Crippen LogP contribution in [-0.4, -0.2) is 85.6 Å². The van der Waals surface area contributed by atoms with Gasteiger partial charge in [0, 0.05) is 25.8 Å². The number of carboxylic acids is 2. The van der Waals surface area contributed by atoms with E-state index in [-0.39, 0.29) is 30.7 Å². The molecule has 0 saturated carbocycles. The van der Waals surface area contributed by atoms with Crippen molar-refractivity contribution >= 4 is 58.6 Å². The van der Waals surface area contributed by atoms with E-state index in [0.717, 1.165) is 16.8 Å². The minimum Gasteiger partial charge on any atom is -0.480 e. The zero-order valence-electron chi connectivity index (χ0n) is 17.8. The minimum absolute atomic E-state index is 0.0540. The van der Waals surface area contributed by atoms with Gasteiger partial charge in [-0.2, -0.15) is 0 Å². The van der Waals surface area contributed by atoms with Gasteiger partial charge in [0.25, 0.3) is 11.6 Å². The maximum atomic E-state index is 12.9. The lowest BCUT2D eigenvalue weighted by Gasteiger charge is -2.56. The number of amides is 2. The first-order valence-electron chi connectivity index (χ1n) is 9.79. The summed E-state index contributed by atoms with van der Waals surface area (Å²) in [6, 6.07) is -1.08. The number of fused-ring (bicyclic) bond motifs is 1. The predicted molar refractivity (Wildman–Crippen MR) is 120 cm³/mol. The summed E-state index contributed by atoms with van der Waals surface area (Å²) >= 11 is 3.69. The number of nitrogens with zero attached hydrogens (tertiary/aromatic N) is 3. The molecule has 12 nitrogen and oxygen atoms in total. The van der Waals surface area contributed by atoms with Crippen molar-refractivity contribution in [2.75, 3.05) is 19.4 Å². The summed E-state index contributed by atoms with van der Waals surface area (Å²) in [5, 5.41) is 29.1. The molecule has 33 heavy (non-hydrogen) atoms. The number of nitrogens with two attached hydrogens (primary N) is 1. The van der Waals surface area contributed by atoms with Crippen LogP contribution < -0.4 is 11.1 Å². The van der Waals surface area contributed by atoms with Gasteiger partial charge in [-0.15, -0.1) is 10.2 Å². The topological polar surface area (TPSA) is 185 Å². The van der Waals surface area contributed by atoms with Gasteiger partial charge >= 0.3 is 11.9 Å². The number of β-lactam (4-membered cyclic amide) rings is 1. The molecule has 0 unspecified atom stereocenters. The zero-order chi connectivity index (χ0) is 24.3. The van der Waals surface area contributed by atoms with Crippen molar-refractivity contribution in [3.63, 3.8) is 0 Å². The van der Waals surface area contributed by atoms with Gasteiger partial charge in [0.2, 0.25) is 5.91 Å². The summed E-state index contributed by atoms with van der Waals surface area (Å²) in [6.07, 6.45) is 0.255. The molecule has 0 aliphatic carbocycles. The number of rotatable bonds is 11. The smallest absolute Gasteiger partial charge is 0.342 e. The lowest BCUT2D eigenvalue weighted by molar-refractivity contribution is -0.194. The van der Waals surface area contributed by atoms with E-state index in [1.807, 2.05) is 6.92 Å². The highest BCUT2D eigenvalue weighted by molar-refractivity contribution is 8.05. The molecule has 15 heteroatoms. The molecular weight excluding hydrogens is 494 g/mol. The van der Waals surface area contributed by atoms with Crippen LogP contribution in [0.2, 0.25) is 0 Å². The van der Waals surface area contributed by atoms with Crippen molar-refractivity contribution in [3.8, 4) is 0 Å². The van der Waals surface area contributed by atoms with Gasteiger partial charge in [-0.25, -0.2) is 4.79 Å². The van der Waals surface area contributed by atoms with Crippen LogP contribution in [0.1, 0.15) is 24.3 Å². The molecule has 5 N–H and O–H groups in total. The predicted octanol–water partition coefficient (Wildman–Crippen LogP) is 0.234. The average Bonchev–Trinajstić information content (AvgIpc) is 3.19. The summed E-state index contributed by atoms with van der Waals surface area (Å²) in [5.74, 6) is -2.94. The highest BCUT2D eigenvalue weighted by Gasteiger charge is 2.65. The number of aliphatic carboxylic acids is 2. The van der Waals surface area contributed by atoms with Crippen molar-refractivity contribution in [2.45, 2.75) is 47.7 Å². The minimum atomic E-state index is -1.69. The third kappa shape index (κ3) is 5.32. The van der Waals surface area contributed by atoms with Gasteiger partial charge in [0.05, 0.1) is 4.91 Å². The molecule has 1 fully saturated rings. The number of carbonyl (C=O) groups is 4. The largest absolute Gasteiger partial charge is 0.480 e. The monoisotopic (exact) mass is 517 g/mol. The number of hydrogen-bond donors (Lipinski definition) is 4. The van der Waals surface area contributed by atoms with Gasteiger partial charge in [0.15, 0.2) is 4.34 Å². The number of thioether (sulfide) groups is 2. The van der Waals surface area contributed by atoms with E-state index < -0.39 is 40.9 Å². The molecule has 0 aromatic carbocycles. The molecule has 0 spiro atoms. The van der Waals surface area contributed by atoms with E-state index in [9.17, 15) is 24.3 Å². The number of carbonyl (C=O) groups excluding carboxylic acids is 2. The SMILES string of the molecule is CO[C@@]1(NC(=O)CCC[C@@H](N)C(=O)O)C(=O)N2CC(CSc3nnc(C)s3)=C(C(=O)O)S[C@H]21. The second-order valence-electron chi connectivity index (χ2n) is 7.34. The molecule has 0 bridgehead atoms. The van der Waals surface area contributed by atoms with Crippen molar-refractivity contribution in [3.05, 3.63) is 15.5 Å². The van der Waals surface area contributed by atoms with Crippen molar-refractivity contribution in [1.29, 1.82) is 0 Å². The Morgan fingerprint density at radius 3 is 2.70 bits per heavy atom. The van der Waals surface area contributed by atoms with Crippen LogP contribution in [0.5, 0.6) is 0 Å². The second kappa shape index (κ2) is 10.4. The van der Waals surface area contributed by atoms with Crippen LogP contribution in [-0.2, 0) is 23.9 Å². The Kier molecular flexibility index (Phi) is 8.00. The third-order valence-electron chi connectivity index (χ3n) is 5.08. The first-order valence-corrected chi connectivity index (χ1v) is 12.5. The maximum absolute atomic E-state index is 12.9. The number of ether oxygens (including phenoxy) is 1. The fourth-order valence-corrected chi connectivity index (χ4v) is 6.64. The lowest BCUT2D eigenvalue weighted by Crippen LogP contribution is -2.80. The van der Waals surface area contributed by atoms with Gasteiger partial charge in [-0.05, 0) is 25.3 Å². The fraction of sp³-hybridized carbons (Fsp3) is 0.556. The Balaban J connectivity index is 1.68. The van der Waals surface area contributed by atoms with Crippen LogP contribution in [0.25, 0.3) is 0 Å². The van der Waals surface area contributed by atoms with Crippen LogP contribution in [0.4, 0.5) is 0 Å². The van der Waals surface area contributed by atoms with Crippen LogP contribution in [0, 0.1) is 6.92 Å². The molecule has 2 aliphatic rings. The Labute approximate surface area is 201 Å². The number of carboxylic acid groups (broad SMARTS) is 2. The Hall–Kier alpha value is -2.20. The van der Waals surface area contributed by atoms with Crippen LogP contribution in [0.3, 0.4) is 0 Å². The zero-order valence-corrected chi connectivity index (χ0v) is 20.2. The molecule has 1 aromatic heterocycles. The maximum Gasteiger partial charge on any atom is 0.342 e. The fourth-order valence-electron chi connectivity index (χ4n) is 3.38. The van der Waals surface area contributed by atoms with E-state index in [1.54, 1.807) is 0 Å². The summed E-state index contributed by atoms with van der Waals surface area (Å²) in [6.45, 7) is 1.92. The summed E-state index contributed by atoms with van der Waals surface area (Å²) in [5.41, 5.74) is 4.31. The van der Waals surface area contributed by atoms with E-state index in [0.29, 0.717) is 15.7 Å². The van der Waals surface area contributed by atoms with E-state index in [1.165, 1.54) is 35.1 Å². The quantitative estimate of drug-likeness (QED) is 0.178. The van der Waals surface area contributed by atoms with E-state index >= 15 is 0 Å². The third-order valence-corrected chi connectivity index (χ3v) is 8.64. The normalized spacial score (nSPS) is 23.1. The number of methoxy groups -OCH3 is 1. The first-order chi connectivity index (χ1) is 15.6. The first kappa shape index (κ1) is 25.4. The van der Waals surface area contributed by atoms with Crippen molar-refractivity contribution < 1.29 is 34.1 Å². The summed E-state index contributed by atoms with van der Waals surface area (Å²) in [4.78, 5) is 49.6. The summed E-state index contributed by atoms with van der Waals surface area (Å²) < 4.78 is 6.09. The standard InChI is InChI=1S/C18H23N5O7S3/c1-8-21-22-17(32-8)31-7-9-6-23-15(29)18(30-2,16(23)33-12(9)14(27)28)20-11(24)5-3-4-10(19)13(25)26/h10,16H,3-7,19H2,1-2H3,(H,20,24)(H,25,26)(H,27,28)/t10-,16+,18+/m1/s1. The summed E-state index contributed by atoms with van der Waals surface area (Å²) in [7, 11) is 1.27. The highest BCUT2D eigenvalue weighted by Crippen LogP contribution is 2.47. The van der Waals surface area contributed by atoms with E-state index in [4.69, 9.17) is 15.6 Å². The molecular formula is C18H23N5O7S3. The second-order valence-corrected chi connectivity index (χ2v) is 10.8. The van der Waals surface area contributed by atoms with Gasteiger partial charge < -0.3 is 30.9 Å². The molecule has 3 atom stereocenters. The molecule has 0 radical (unpaired) electrons. The number of nitrogens with one attached hydrogen (secondary N) is 1. The Morgan fingerprint density at radius 2 is 2.12 bits per heavy atom. The Bertz CT molecular complexity index is 1000.